The van der Waals surface area contributed by atoms with Crippen molar-refractivity contribution in [1.29, 1.82) is 0 Å². The van der Waals surface area contributed by atoms with Crippen LogP contribution in [0.1, 0.15) is 48.5 Å². The van der Waals surface area contributed by atoms with Gasteiger partial charge in [-0.3, -0.25) is 9.59 Å². The largest absolute Gasteiger partial charge is 0.485 e. The molecule has 22 heavy (non-hydrogen) atoms. The molecular weight excluding hydrogens is 280 g/mol. The van der Waals surface area contributed by atoms with Crippen molar-refractivity contribution >= 4 is 11.8 Å². The van der Waals surface area contributed by atoms with E-state index in [1.54, 1.807) is 6.92 Å². The number of nitrogens with one attached hydrogen (secondary N) is 2. The molecule has 2 aliphatic rings. The number of aryl methyl sites for hydroxylation is 1. The molecule has 0 unspecified atom stereocenters. The molecule has 1 fully saturated rings. The highest BCUT2D eigenvalue weighted by atomic mass is 16.5. The maximum Gasteiger partial charge on any atom is 0.255 e. The maximum atomic E-state index is 12.2. The van der Waals surface area contributed by atoms with Crippen LogP contribution in [0.25, 0.3) is 0 Å². The molecule has 1 heterocycles. The van der Waals surface area contributed by atoms with Gasteiger partial charge in [0.15, 0.2) is 0 Å². The molecule has 0 aromatic heterocycles. The zero-order chi connectivity index (χ0) is 15.7. The van der Waals surface area contributed by atoms with Crippen molar-refractivity contribution in [3.8, 4) is 5.75 Å². The number of rotatable bonds is 1. The van der Waals surface area contributed by atoms with Crippen LogP contribution in [0.2, 0.25) is 0 Å². The zero-order valence-electron chi connectivity index (χ0n) is 13.1. The van der Waals surface area contributed by atoms with Gasteiger partial charge in [0, 0.05) is 13.0 Å². The molecule has 2 amide bonds. The smallest absolute Gasteiger partial charge is 0.255 e. The van der Waals surface area contributed by atoms with Crippen LogP contribution in [0.3, 0.4) is 0 Å². The lowest BCUT2D eigenvalue weighted by atomic mass is 9.81. The number of hydrogen-bond acceptors (Lipinski definition) is 3. The van der Waals surface area contributed by atoms with Crippen molar-refractivity contribution in [2.75, 3.05) is 6.54 Å². The topological polar surface area (TPSA) is 67.4 Å². The van der Waals surface area contributed by atoms with E-state index in [1.165, 1.54) is 0 Å². The Kier molecular flexibility index (Phi) is 3.81. The molecule has 0 radical (unpaired) electrons. The minimum absolute atomic E-state index is 0.0110. The summed E-state index contributed by atoms with van der Waals surface area (Å²) in [6, 6.07) is 5.93. The van der Waals surface area contributed by atoms with Gasteiger partial charge in [0.25, 0.3) is 5.91 Å². The summed E-state index contributed by atoms with van der Waals surface area (Å²) in [5.74, 6) is 0.606. The van der Waals surface area contributed by atoms with E-state index >= 15 is 0 Å². The van der Waals surface area contributed by atoms with E-state index in [9.17, 15) is 9.59 Å². The van der Waals surface area contributed by atoms with Crippen molar-refractivity contribution in [1.82, 2.24) is 10.6 Å². The van der Waals surface area contributed by atoms with Gasteiger partial charge >= 0.3 is 0 Å². The summed E-state index contributed by atoms with van der Waals surface area (Å²) in [5, 5.41) is 5.97. The van der Waals surface area contributed by atoms with Gasteiger partial charge < -0.3 is 15.4 Å². The fourth-order valence-corrected chi connectivity index (χ4v) is 3.37. The minimum atomic E-state index is -0.356. The lowest BCUT2D eigenvalue weighted by Gasteiger charge is -2.39. The number of carbonyl (C=O) groups excluding carboxylic acids is 2. The summed E-state index contributed by atoms with van der Waals surface area (Å²) in [5.41, 5.74) is 1.30. The maximum absolute atomic E-state index is 12.2. The molecule has 5 heteroatoms. The Bertz CT molecular complexity index is 604. The molecule has 1 aliphatic carbocycles. The van der Waals surface area contributed by atoms with E-state index in [1.807, 2.05) is 25.1 Å². The van der Waals surface area contributed by atoms with Gasteiger partial charge in [-0.05, 0) is 44.7 Å². The Labute approximate surface area is 130 Å². The van der Waals surface area contributed by atoms with Gasteiger partial charge in [0.1, 0.15) is 11.4 Å². The molecule has 1 aliphatic heterocycles. The second-order valence-corrected chi connectivity index (χ2v) is 6.44. The summed E-state index contributed by atoms with van der Waals surface area (Å²) >= 11 is 0. The van der Waals surface area contributed by atoms with Gasteiger partial charge in [-0.25, -0.2) is 0 Å². The van der Waals surface area contributed by atoms with Crippen molar-refractivity contribution < 1.29 is 14.3 Å². The second-order valence-electron chi connectivity index (χ2n) is 6.44. The molecular formula is C17H22N2O3. The predicted octanol–water partition coefficient (Wildman–Crippen LogP) is 1.93. The van der Waals surface area contributed by atoms with E-state index in [2.05, 4.69) is 10.6 Å². The number of carbonyl (C=O) groups is 2. The van der Waals surface area contributed by atoms with Gasteiger partial charge in [-0.15, -0.1) is 0 Å². The van der Waals surface area contributed by atoms with Gasteiger partial charge in [0.2, 0.25) is 5.91 Å². The fraction of sp³-hybridized carbons (Fsp3) is 0.529. The molecule has 2 N–H and O–H groups in total. The predicted molar refractivity (Wildman–Crippen MR) is 82.9 cm³/mol. The number of benzene rings is 1. The van der Waals surface area contributed by atoms with E-state index in [0.29, 0.717) is 17.9 Å². The van der Waals surface area contributed by atoms with Crippen molar-refractivity contribution in [3.63, 3.8) is 0 Å². The molecule has 0 bridgehead atoms. The van der Waals surface area contributed by atoms with Crippen molar-refractivity contribution in [3.05, 3.63) is 29.3 Å². The molecule has 5 nitrogen and oxygen atoms in total. The Morgan fingerprint density at radius 1 is 1.36 bits per heavy atom. The fourth-order valence-electron chi connectivity index (χ4n) is 3.37. The van der Waals surface area contributed by atoms with Crippen molar-refractivity contribution in [2.45, 2.75) is 51.2 Å². The first-order valence-electron chi connectivity index (χ1n) is 7.82. The molecule has 1 spiro atoms. The van der Waals surface area contributed by atoms with Crippen molar-refractivity contribution in [2.24, 2.45) is 0 Å². The van der Waals surface area contributed by atoms with Crippen LogP contribution in [0.15, 0.2) is 18.2 Å². The Hall–Kier alpha value is -2.04. The third kappa shape index (κ3) is 2.93. The number of fused-ring (bicyclic) bond motifs is 1. The third-order valence-corrected chi connectivity index (χ3v) is 4.58. The van der Waals surface area contributed by atoms with Gasteiger partial charge in [-0.1, -0.05) is 11.6 Å². The Balaban J connectivity index is 1.78. The lowest BCUT2D eigenvalue weighted by molar-refractivity contribution is -0.120. The van der Waals surface area contributed by atoms with Crippen LogP contribution >= 0.6 is 0 Å². The Morgan fingerprint density at radius 2 is 2.09 bits per heavy atom. The van der Waals surface area contributed by atoms with Crippen LogP contribution < -0.4 is 15.4 Å². The highest BCUT2D eigenvalue weighted by molar-refractivity contribution is 5.97. The van der Waals surface area contributed by atoms with Gasteiger partial charge in [-0.2, -0.15) is 0 Å². The zero-order valence-corrected chi connectivity index (χ0v) is 13.1. The first kappa shape index (κ1) is 14.9. The highest BCUT2D eigenvalue weighted by Crippen LogP contribution is 2.36. The summed E-state index contributed by atoms with van der Waals surface area (Å²) in [7, 11) is 0. The van der Waals surface area contributed by atoms with Crippen LogP contribution in [0, 0.1) is 6.92 Å². The summed E-state index contributed by atoms with van der Waals surface area (Å²) in [4.78, 5) is 23.4. The average Bonchev–Trinajstić information content (AvgIpc) is 2.60. The van der Waals surface area contributed by atoms with Crippen LogP contribution in [0.5, 0.6) is 5.75 Å². The Morgan fingerprint density at radius 3 is 2.77 bits per heavy atom. The minimum Gasteiger partial charge on any atom is -0.485 e. The average molecular weight is 302 g/mol. The number of hydrogen-bond donors (Lipinski definition) is 2. The second kappa shape index (κ2) is 5.63. The molecule has 0 saturated heterocycles. The summed E-state index contributed by atoms with van der Waals surface area (Å²) in [6.45, 7) is 4.03. The van der Waals surface area contributed by atoms with E-state index in [-0.39, 0.29) is 23.5 Å². The molecule has 0 atom stereocenters. The summed E-state index contributed by atoms with van der Waals surface area (Å²) in [6.07, 6.45) is 3.39. The monoisotopic (exact) mass is 302 g/mol. The quantitative estimate of drug-likeness (QED) is 0.833. The van der Waals surface area contributed by atoms with Crippen LogP contribution in [0.4, 0.5) is 0 Å². The molecule has 118 valence electrons. The van der Waals surface area contributed by atoms with E-state index < -0.39 is 0 Å². The first-order valence-corrected chi connectivity index (χ1v) is 7.82. The third-order valence-electron chi connectivity index (χ3n) is 4.58. The number of ether oxygens (including phenoxy) is 1. The molecule has 1 aromatic carbocycles. The molecule has 1 aromatic rings. The van der Waals surface area contributed by atoms with E-state index in [4.69, 9.17) is 4.74 Å². The van der Waals surface area contributed by atoms with Gasteiger partial charge in [0.05, 0.1) is 12.1 Å². The standard InChI is InChI=1S/C17H22N2O3/c1-11-3-4-15-14(9-11)16(21)18-10-17(22-15)7-5-13(6-8-17)19-12(2)20/h3-4,9,13H,5-8,10H2,1-2H3,(H,18,21)(H,19,20). The summed E-state index contributed by atoms with van der Waals surface area (Å²) < 4.78 is 6.27. The van der Waals surface area contributed by atoms with Crippen LogP contribution in [-0.2, 0) is 4.79 Å². The molecule has 3 rings (SSSR count). The van der Waals surface area contributed by atoms with E-state index in [0.717, 1.165) is 31.2 Å². The number of amides is 2. The lowest BCUT2D eigenvalue weighted by Crippen LogP contribution is -2.51. The SMILES string of the molecule is CC(=O)NC1CCC2(CC1)CNC(=O)c1cc(C)ccc1O2. The normalized spacial score (nSPS) is 27.4. The highest BCUT2D eigenvalue weighted by Gasteiger charge is 2.40. The first-order chi connectivity index (χ1) is 10.5. The van der Waals surface area contributed by atoms with Crippen LogP contribution in [-0.4, -0.2) is 30.0 Å². The molecule has 1 saturated carbocycles.